The van der Waals surface area contributed by atoms with Crippen LogP contribution >= 0.6 is 0 Å². The lowest BCUT2D eigenvalue weighted by Gasteiger charge is -2.23. The standard InChI is InChI=1S/C27H32N2O6/c1-34-15-7-14-24(25(30)28-23-13-6-12-21(23)26(31)32)29-27(33)35-16-22-19-10-4-2-8-17(19)18-9-3-5-11-20(18)22/h2-5,8-11,21-24H,6-7,12-16H2,1H3,(H,28,30)(H,29,33)(H,31,32)/t21-,23+,24?/m0/s1. The number of carbonyl (C=O) groups excluding carboxylic acids is 2. The van der Waals surface area contributed by atoms with Crippen molar-refractivity contribution < 1.29 is 29.0 Å². The van der Waals surface area contributed by atoms with Crippen LogP contribution in [0, 0.1) is 5.92 Å². The van der Waals surface area contributed by atoms with Crippen molar-refractivity contribution in [3.05, 3.63) is 59.7 Å². The Morgan fingerprint density at radius 2 is 1.69 bits per heavy atom. The Morgan fingerprint density at radius 3 is 2.31 bits per heavy atom. The van der Waals surface area contributed by atoms with E-state index in [4.69, 9.17) is 9.47 Å². The zero-order chi connectivity index (χ0) is 24.8. The predicted molar refractivity (Wildman–Crippen MR) is 130 cm³/mol. The van der Waals surface area contributed by atoms with E-state index in [0.717, 1.165) is 28.7 Å². The Bertz CT molecular complexity index is 1030. The third-order valence-corrected chi connectivity index (χ3v) is 6.95. The molecular formula is C27H32N2O6. The molecule has 2 aliphatic rings. The summed E-state index contributed by atoms with van der Waals surface area (Å²) >= 11 is 0. The van der Waals surface area contributed by atoms with E-state index < -0.39 is 36.0 Å². The first-order chi connectivity index (χ1) is 17.0. The lowest BCUT2D eigenvalue weighted by molar-refractivity contribution is -0.142. The number of methoxy groups -OCH3 is 1. The highest BCUT2D eigenvalue weighted by molar-refractivity contribution is 5.86. The third-order valence-electron chi connectivity index (χ3n) is 6.95. The first kappa shape index (κ1) is 24.7. The molecule has 2 aromatic rings. The average Bonchev–Trinajstić information content (AvgIpc) is 3.45. The minimum absolute atomic E-state index is 0.0799. The van der Waals surface area contributed by atoms with Gasteiger partial charge < -0.3 is 25.2 Å². The van der Waals surface area contributed by atoms with E-state index in [1.165, 1.54) is 0 Å². The summed E-state index contributed by atoms with van der Waals surface area (Å²) in [6.45, 7) is 0.591. The Balaban J connectivity index is 1.39. The highest BCUT2D eigenvalue weighted by Crippen LogP contribution is 2.44. The fourth-order valence-corrected chi connectivity index (χ4v) is 5.19. The van der Waals surface area contributed by atoms with Gasteiger partial charge in [-0.3, -0.25) is 9.59 Å². The molecule has 0 saturated heterocycles. The van der Waals surface area contributed by atoms with E-state index in [9.17, 15) is 19.5 Å². The summed E-state index contributed by atoms with van der Waals surface area (Å²) in [7, 11) is 1.57. The number of ether oxygens (including phenoxy) is 2. The number of benzene rings is 2. The molecule has 0 radical (unpaired) electrons. The normalized spacial score (nSPS) is 19.5. The molecule has 2 aromatic carbocycles. The van der Waals surface area contributed by atoms with Gasteiger partial charge >= 0.3 is 12.1 Å². The largest absolute Gasteiger partial charge is 0.481 e. The van der Waals surface area contributed by atoms with Crippen molar-refractivity contribution in [2.24, 2.45) is 5.92 Å². The molecule has 0 aliphatic heterocycles. The van der Waals surface area contributed by atoms with E-state index in [-0.39, 0.29) is 12.5 Å². The van der Waals surface area contributed by atoms with Gasteiger partial charge in [0.1, 0.15) is 12.6 Å². The smallest absolute Gasteiger partial charge is 0.407 e. The summed E-state index contributed by atoms with van der Waals surface area (Å²) in [5.74, 6) is -1.99. The SMILES string of the molecule is COCCCC(NC(=O)OCC1c2ccccc2-c2ccccc21)C(=O)N[C@@H]1CCC[C@@H]1C(=O)O. The molecule has 3 atom stereocenters. The van der Waals surface area contributed by atoms with Crippen molar-refractivity contribution in [1.82, 2.24) is 10.6 Å². The molecule has 186 valence electrons. The fraction of sp³-hybridized carbons (Fsp3) is 0.444. The van der Waals surface area contributed by atoms with Gasteiger partial charge in [0.05, 0.1) is 5.92 Å². The molecule has 4 rings (SSSR count). The van der Waals surface area contributed by atoms with Crippen molar-refractivity contribution in [1.29, 1.82) is 0 Å². The second-order valence-electron chi connectivity index (χ2n) is 9.15. The van der Waals surface area contributed by atoms with Crippen molar-refractivity contribution in [3.63, 3.8) is 0 Å². The maximum atomic E-state index is 13.0. The number of nitrogens with one attached hydrogen (secondary N) is 2. The van der Waals surface area contributed by atoms with Gasteiger partial charge in [-0.15, -0.1) is 0 Å². The lowest BCUT2D eigenvalue weighted by Crippen LogP contribution is -2.51. The fourth-order valence-electron chi connectivity index (χ4n) is 5.19. The number of rotatable bonds is 10. The van der Waals surface area contributed by atoms with Gasteiger partial charge in [-0.2, -0.15) is 0 Å². The maximum absolute atomic E-state index is 13.0. The maximum Gasteiger partial charge on any atom is 0.407 e. The van der Waals surface area contributed by atoms with Gasteiger partial charge in [0.15, 0.2) is 0 Å². The van der Waals surface area contributed by atoms with E-state index >= 15 is 0 Å². The van der Waals surface area contributed by atoms with Crippen LogP contribution in [0.2, 0.25) is 0 Å². The molecule has 2 aliphatic carbocycles. The molecule has 35 heavy (non-hydrogen) atoms. The summed E-state index contributed by atoms with van der Waals surface area (Å²) in [6.07, 6.45) is 2.13. The summed E-state index contributed by atoms with van der Waals surface area (Å²) in [4.78, 5) is 37.2. The molecule has 0 aromatic heterocycles. The van der Waals surface area contributed by atoms with Crippen LogP contribution in [0.15, 0.2) is 48.5 Å². The molecule has 8 nitrogen and oxygen atoms in total. The van der Waals surface area contributed by atoms with Gasteiger partial charge in [0, 0.05) is 25.7 Å². The van der Waals surface area contributed by atoms with Crippen LogP contribution in [0.3, 0.4) is 0 Å². The second-order valence-corrected chi connectivity index (χ2v) is 9.15. The van der Waals surface area contributed by atoms with Crippen molar-refractivity contribution in [3.8, 4) is 11.1 Å². The van der Waals surface area contributed by atoms with E-state index in [2.05, 4.69) is 22.8 Å². The van der Waals surface area contributed by atoms with Crippen LogP contribution in [0.4, 0.5) is 4.79 Å². The molecule has 2 amide bonds. The van der Waals surface area contributed by atoms with Crippen LogP contribution in [0.5, 0.6) is 0 Å². The molecule has 0 bridgehead atoms. The van der Waals surface area contributed by atoms with Crippen LogP contribution in [0.1, 0.15) is 49.1 Å². The summed E-state index contributed by atoms with van der Waals surface area (Å²) < 4.78 is 10.7. The van der Waals surface area contributed by atoms with Crippen LogP contribution < -0.4 is 10.6 Å². The monoisotopic (exact) mass is 480 g/mol. The van der Waals surface area contributed by atoms with Gasteiger partial charge in [-0.1, -0.05) is 55.0 Å². The number of fused-ring (bicyclic) bond motifs is 3. The molecule has 1 unspecified atom stereocenters. The van der Waals surface area contributed by atoms with Crippen LogP contribution in [0.25, 0.3) is 11.1 Å². The average molecular weight is 481 g/mol. The number of aliphatic carboxylic acids is 1. The summed E-state index contributed by atoms with van der Waals surface area (Å²) in [5, 5.41) is 14.9. The Kier molecular flexibility index (Phi) is 8.02. The highest BCUT2D eigenvalue weighted by Gasteiger charge is 2.36. The van der Waals surface area contributed by atoms with Crippen LogP contribution in [-0.4, -0.2) is 55.5 Å². The van der Waals surface area contributed by atoms with Crippen molar-refractivity contribution >= 4 is 18.0 Å². The summed E-state index contributed by atoms with van der Waals surface area (Å²) in [5.41, 5.74) is 4.49. The van der Waals surface area contributed by atoms with E-state index in [1.807, 2.05) is 36.4 Å². The lowest BCUT2D eigenvalue weighted by atomic mass is 9.98. The molecule has 0 heterocycles. The number of amides is 2. The zero-order valence-electron chi connectivity index (χ0n) is 19.9. The summed E-state index contributed by atoms with van der Waals surface area (Å²) in [6, 6.07) is 14.9. The Hall–Kier alpha value is -3.39. The number of carbonyl (C=O) groups is 3. The topological polar surface area (TPSA) is 114 Å². The minimum atomic E-state index is -0.909. The van der Waals surface area contributed by atoms with E-state index in [1.54, 1.807) is 7.11 Å². The molecule has 3 N–H and O–H groups in total. The van der Waals surface area contributed by atoms with Gasteiger partial charge in [0.25, 0.3) is 0 Å². The van der Waals surface area contributed by atoms with Crippen molar-refractivity contribution in [2.75, 3.05) is 20.3 Å². The first-order valence-electron chi connectivity index (χ1n) is 12.1. The van der Waals surface area contributed by atoms with Gasteiger partial charge in [-0.05, 0) is 47.9 Å². The van der Waals surface area contributed by atoms with Gasteiger partial charge in [0.2, 0.25) is 5.91 Å². The van der Waals surface area contributed by atoms with Crippen molar-refractivity contribution in [2.45, 2.75) is 50.1 Å². The van der Waals surface area contributed by atoms with Crippen LogP contribution in [-0.2, 0) is 19.1 Å². The molecular weight excluding hydrogens is 448 g/mol. The molecule has 0 spiro atoms. The molecule has 1 fully saturated rings. The van der Waals surface area contributed by atoms with Gasteiger partial charge in [-0.25, -0.2) is 4.79 Å². The number of alkyl carbamates (subject to hydrolysis) is 1. The minimum Gasteiger partial charge on any atom is -0.481 e. The highest BCUT2D eigenvalue weighted by atomic mass is 16.5. The second kappa shape index (κ2) is 11.4. The zero-order valence-corrected chi connectivity index (χ0v) is 19.9. The predicted octanol–water partition coefficient (Wildman–Crippen LogP) is 3.69. The number of carboxylic acids is 1. The quantitative estimate of drug-likeness (QED) is 0.447. The molecule has 8 heteroatoms. The Labute approximate surface area is 205 Å². The third kappa shape index (κ3) is 5.65. The number of hydrogen-bond donors (Lipinski definition) is 3. The number of carboxylic acid groups (broad SMARTS) is 1. The van der Waals surface area contributed by atoms with E-state index in [0.29, 0.717) is 32.3 Å². The first-order valence-corrected chi connectivity index (χ1v) is 12.1. The number of hydrogen-bond acceptors (Lipinski definition) is 5. The Morgan fingerprint density at radius 1 is 1.03 bits per heavy atom. The molecule has 1 saturated carbocycles.